The van der Waals surface area contributed by atoms with E-state index in [1.807, 2.05) is 7.05 Å². The van der Waals surface area contributed by atoms with Gasteiger partial charge in [-0.2, -0.15) is 11.3 Å². The second-order valence-electron chi connectivity index (χ2n) is 3.18. The van der Waals surface area contributed by atoms with E-state index in [1.165, 1.54) is 17.5 Å². The van der Waals surface area contributed by atoms with Crippen LogP contribution in [0.25, 0.3) is 6.08 Å². The molecule has 0 aromatic carbocycles. The average molecular weight is 179 g/mol. The van der Waals surface area contributed by atoms with E-state index in [9.17, 15) is 0 Å². The summed E-state index contributed by atoms with van der Waals surface area (Å²) in [5, 5.41) is 7.81. The van der Waals surface area contributed by atoms with Gasteiger partial charge in [0.15, 0.2) is 0 Å². The Morgan fingerprint density at radius 1 is 1.50 bits per heavy atom. The Balaban J connectivity index is 2.27. The Bertz CT molecular complexity index is 288. The summed E-state index contributed by atoms with van der Waals surface area (Å²) in [6.45, 7) is 0. The van der Waals surface area contributed by atoms with Crippen molar-refractivity contribution in [1.82, 2.24) is 5.32 Å². The van der Waals surface area contributed by atoms with E-state index in [0.717, 1.165) is 6.42 Å². The Labute approximate surface area is 77.1 Å². The average Bonchev–Trinajstić information content (AvgIpc) is 2.43. The summed E-state index contributed by atoms with van der Waals surface area (Å²) in [5.41, 5.74) is 2.91. The van der Waals surface area contributed by atoms with Gasteiger partial charge in [0, 0.05) is 6.04 Å². The Kier molecular flexibility index (Phi) is 2.28. The first kappa shape index (κ1) is 8.02. The summed E-state index contributed by atoms with van der Waals surface area (Å²) >= 11 is 1.80. The molecule has 1 aromatic rings. The molecule has 0 saturated carbocycles. The maximum atomic E-state index is 3.33. The normalized spacial score (nSPS) is 21.9. The molecule has 0 saturated heterocycles. The molecule has 64 valence electrons. The molecule has 0 amide bonds. The molecule has 2 rings (SSSR count). The molecule has 1 aromatic heterocycles. The van der Waals surface area contributed by atoms with Gasteiger partial charge in [-0.15, -0.1) is 0 Å². The molecule has 1 N–H and O–H groups in total. The zero-order chi connectivity index (χ0) is 8.39. The second kappa shape index (κ2) is 3.42. The highest BCUT2D eigenvalue weighted by atomic mass is 32.1. The summed E-state index contributed by atoms with van der Waals surface area (Å²) in [6.07, 6.45) is 6.82. The van der Waals surface area contributed by atoms with Crippen molar-refractivity contribution in [1.29, 1.82) is 0 Å². The third-order valence-corrected chi connectivity index (χ3v) is 3.18. The van der Waals surface area contributed by atoms with Gasteiger partial charge < -0.3 is 5.32 Å². The number of likely N-dealkylation sites (N-methyl/N-ethyl adjacent to an activating group) is 1. The molecular formula is C10H13NS. The SMILES string of the molecule is CNC1CC=Cc2cscc2C1. The molecule has 12 heavy (non-hydrogen) atoms. The standard InChI is InChI=1S/C10H13NS/c1-11-10-4-2-3-8-6-12-7-9(8)5-10/h2-3,6-7,10-11H,4-5H2,1H3. The molecule has 0 bridgehead atoms. The van der Waals surface area contributed by atoms with Crippen LogP contribution >= 0.6 is 11.3 Å². The van der Waals surface area contributed by atoms with E-state index in [2.05, 4.69) is 28.2 Å². The van der Waals surface area contributed by atoms with Gasteiger partial charge in [-0.25, -0.2) is 0 Å². The quantitative estimate of drug-likeness (QED) is 0.697. The zero-order valence-electron chi connectivity index (χ0n) is 7.21. The summed E-state index contributed by atoms with van der Waals surface area (Å²) in [7, 11) is 2.04. The Hall–Kier alpha value is -0.600. The van der Waals surface area contributed by atoms with Crippen molar-refractivity contribution in [2.45, 2.75) is 18.9 Å². The lowest BCUT2D eigenvalue weighted by atomic mass is 10.1. The van der Waals surface area contributed by atoms with Crippen LogP contribution in [0.5, 0.6) is 0 Å². The predicted octanol–water partition coefficient (Wildman–Crippen LogP) is 2.30. The monoisotopic (exact) mass is 179 g/mol. The van der Waals surface area contributed by atoms with Crippen molar-refractivity contribution in [3.63, 3.8) is 0 Å². The molecule has 0 spiro atoms. The maximum Gasteiger partial charge on any atom is 0.0140 e. The van der Waals surface area contributed by atoms with Gasteiger partial charge in [-0.05, 0) is 41.8 Å². The van der Waals surface area contributed by atoms with E-state index in [1.54, 1.807) is 11.3 Å². The second-order valence-corrected chi connectivity index (χ2v) is 3.92. The molecule has 0 fully saturated rings. The molecule has 1 aliphatic carbocycles. The first-order valence-corrected chi connectivity index (χ1v) is 5.23. The molecule has 1 unspecified atom stereocenters. The lowest BCUT2D eigenvalue weighted by Crippen LogP contribution is -2.26. The van der Waals surface area contributed by atoms with Crippen LogP contribution in [-0.2, 0) is 6.42 Å². The summed E-state index contributed by atoms with van der Waals surface area (Å²) in [6, 6.07) is 0.622. The number of thiophene rings is 1. The fourth-order valence-electron chi connectivity index (χ4n) is 1.57. The Morgan fingerprint density at radius 2 is 2.42 bits per heavy atom. The molecule has 1 atom stereocenters. The van der Waals surface area contributed by atoms with Gasteiger partial charge in [-0.3, -0.25) is 0 Å². The molecule has 1 nitrogen and oxygen atoms in total. The van der Waals surface area contributed by atoms with Gasteiger partial charge in [-0.1, -0.05) is 12.2 Å². The number of fused-ring (bicyclic) bond motifs is 1. The summed E-state index contributed by atoms with van der Waals surface area (Å²) < 4.78 is 0. The number of rotatable bonds is 1. The van der Waals surface area contributed by atoms with Crippen molar-refractivity contribution >= 4 is 17.4 Å². The maximum absolute atomic E-state index is 3.33. The van der Waals surface area contributed by atoms with Crippen molar-refractivity contribution < 1.29 is 0 Å². The van der Waals surface area contributed by atoms with Crippen LogP contribution in [0.15, 0.2) is 16.8 Å². The van der Waals surface area contributed by atoms with E-state index < -0.39 is 0 Å². The molecule has 2 heteroatoms. The highest BCUT2D eigenvalue weighted by Gasteiger charge is 2.11. The number of nitrogens with one attached hydrogen (secondary N) is 1. The van der Waals surface area contributed by atoms with Crippen molar-refractivity contribution in [3.05, 3.63) is 28.0 Å². The van der Waals surface area contributed by atoms with E-state index in [4.69, 9.17) is 0 Å². The minimum atomic E-state index is 0.622. The highest BCUT2D eigenvalue weighted by molar-refractivity contribution is 7.08. The van der Waals surface area contributed by atoms with Crippen LogP contribution in [0.1, 0.15) is 17.5 Å². The largest absolute Gasteiger partial charge is 0.316 e. The highest BCUT2D eigenvalue weighted by Crippen LogP contribution is 2.22. The Morgan fingerprint density at radius 3 is 3.25 bits per heavy atom. The minimum Gasteiger partial charge on any atom is -0.316 e. The van der Waals surface area contributed by atoms with E-state index >= 15 is 0 Å². The van der Waals surface area contributed by atoms with Gasteiger partial charge >= 0.3 is 0 Å². The van der Waals surface area contributed by atoms with Crippen LogP contribution in [0, 0.1) is 0 Å². The molecular weight excluding hydrogens is 166 g/mol. The number of hydrogen-bond donors (Lipinski definition) is 1. The predicted molar refractivity (Wildman–Crippen MR) is 54.5 cm³/mol. The topological polar surface area (TPSA) is 12.0 Å². The van der Waals surface area contributed by atoms with Crippen LogP contribution in [0.2, 0.25) is 0 Å². The third kappa shape index (κ3) is 1.45. The van der Waals surface area contributed by atoms with Gasteiger partial charge in [0.25, 0.3) is 0 Å². The fraction of sp³-hybridized carbons (Fsp3) is 0.400. The smallest absolute Gasteiger partial charge is 0.0140 e. The number of hydrogen-bond acceptors (Lipinski definition) is 2. The fourth-order valence-corrected chi connectivity index (χ4v) is 2.41. The van der Waals surface area contributed by atoms with Gasteiger partial charge in [0.1, 0.15) is 0 Å². The minimum absolute atomic E-state index is 0.622. The van der Waals surface area contributed by atoms with Crippen molar-refractivity contribution in [2.24, 2.45) is 0 Å². The lowest BCUT2D eigenvalue weighted by Gasteiger charge is -2.11. The lowest BCUT2D eigenvalue weighted by molar-refractivity contribution is 0.570. The van der Waals surface area contributed by atoms with E-state index in [-0.39, 0.29) is 0 Å². The van der Waals surface area contributed by atoms with Crippen molar-refractivity contribution in [3.8, 4) is 0 Å². The van der Waals surface area contributed by atoms with E-state index in [0.29, 0.717) is 6.04 Å². The third-order valence-electron chi connectivity index (χ3n) is 2.37. The first-order chi connectivity index (χ1) is 5.90. The molecule has 0 aliphatic heterocycles. The summed E-state index contributed by atoms with van der Waals surface area (Å²) in [5.74, 6) is 0. The molecule has 1 aliphatic rings. The summed E-state index contributed by atoms with van der Waals surface area (Å²) in [4.78, 5) is 0. The van der Waals surface area contributed by atoms with Gasteiger partial charge in [0.05, 0.1) is 0 Å². The van der Waals surface area contributed by atoms with Crippen LogP contribution < -0.4 is 5.32 Å². The van der Waals surface area contributed by atoms with Crippen LogP contribution in [0.3, 0.4) is 0 Å². The first-order valence-electron chi connectivity index (χ1n) is 4.29. The van der Waals surface area contributed by atoms with Crippen LogP contribution in [0.4, 0.5) is 0 Å². The molecule has 1 heterocycles. The zero-order valence-corrected chi connectivity index (χ0v) is 8.03. The van der Waals surface area contributed by atoms with Crippen LogP contribution in [-0.4, -0.2) is 13.1 Å². The van der Waals surface area contributed by atoms with Crippen molar-refractivity contribution in [2.75, 3.05) is 7.05 Å². The van der Waals surface area contributed by atoms with Gasteiger partial charge in [0.2, 0.25) is 0 Å². The molecule has 0 radical (unpaired) electrons.